The summed E-state index contributed by atoms with van der Waals surface area (Å²) in [4.78, 5) is 28.8. The van der Waals surface area contributed by atoms with Gasteiger partial charge in [0, 0.05) is 48.4 Å². The molecule has 0 saturated carbocycles. The van der Waals surface area contributed by atoms with E-state index in [1.165, 1.54) is 16.3 Å². The third kappa shape index (κ3) is 5.91. The Morgan fingerprint density at radius 1 is 0.951 bits per heavy atom. The third-order valence-corrected chi connectivity index (χ3v) is 9.75. The van der Waals surface area contributed by atoms with E-state index < -0.39 is 16.1 Å². The van der Waals surface area contributed by atoms with Crippen LogP contribution >= 0.6 is 23.2 Å². The summed E-state index contributed by atoms with van der Waals surface area (Å²) in [6.45, 7) is 0.216. The van der Waals surface area contributed by atoms with E-state index in [9.17, 15) is 18.0 Å². The average molecular weight is 611 g/mol. The minimum Gasteiger partial charge on any atom is -0.357 e. The van der Waals surface area contributed by atoms with Gasteiger partial charge in [0.15, 0.2) is 0 Å². The van der Waals surface area contributed by atoms with Gasteiger partial charge in [-0.3, -0.25) is 13.9 Å². The summed E-state index contributed by atoms with van der Waals surface area (Å²) in [6, 6.07) is 24.4. The molecular weight excluding hydrogens is 581 g/mol. The number of hydrogen-bond acceptors (Lipinski definition) is 4. The normalized spacial score (nSPS) is 14.2. The second kappa shape index (κ2) is 12.1. The second-order valence-corrected chi connectivity index (χ2v) is 12.6. The molecule has 0 aliphatic carbocycles. The number of nitrogens with one attached hydrogen (secondary N) is 1. The van der Waals surface area contributed by atoms with E-state index in [-0.39, 0.29) is 42.6 Å². The van der Waals surface area contributed by atoms with Crippen LogP contribution in [0.25, 0.3) is 10.8 Å². The highest BCUT2D eigenvalue weighted by Gasteiger charge is 2.36. The Morgan fingerprint density at radius 3 is 2.39 bits per heavy atom. The van der Waals surface area contributed by atoms with Crippen molar-refractivity contribution < 1.29 is 18.0 Å². The van der Waals surface area contributed by atoms with Crippen LogP contribution in [0.15, 0.2) is 89.8 Å². The Hall–Kier alpha value is -3.59. The van der Waals surface area contributed by atoms with Crippen LogP contribution in [0, 0.1) is 0 Å². The topological polar surface area (TPSA) is 86.8 Å². The number of rotatable bonds is 10. The van der Waals surface area contributed by atoms with Crippen LogP contribution in [0.2, 0.25) is 10.0 Å². The first-order chi connectivity index (χ1) is 19.7. The van der Waals surface area contributed by atoms with Crippen LogP contribution in [-0.4, -0.2) is 44.8 Å². The molecule has 1 aliphatic rings. The monoisotopic (exact) mass is 609 g/mol. The molecule has 4 aromatic rings. The highest BCUT2D eigenvalue weighted by Crippen LogP contribution is 2.42. The van der Waals surface area contributed by atoms with E-state index in [1.54, 1.807) is 36.4 Å². The molecule has 0 aromatic heterocycles. The molecule has 0 saturated heterocycles. The van der Waals surface area contributed by atoms with Gasteiger partial charge >= 0.3 is 0 Å². The first-order valence-corrected chi connectivity index (χ1v) is 15.4. The van der Waals surface area contributed by atoms with Crippen molar-refractivity contribution in [2.75, 3.05) is 17.9 Å². The lowest BCUT2D eigenvalue weighted by molar-refractivity contribution is -0.141. The molecule has 0 fully saturated rings. The van der Waals surface area contributed by atoms with Crippen molar-refractivity contribution in [1.82, 2.24) is 10.2 Å². The Balaban J connectivity index is 1.39. The zero-order valence-corrected chi connectivity index (χ0v) is 24.7. The maximum atomic E-state index is 13.8. The molecule has 1 N–H and O–H groups in total. The number of sulfonamides is 1. The van der Waals surface area contributed by atoms with E-state index in [1.807, 2.05) is 48.5 Å². The van der Waals surface area contributed by atoms with Gasteiger partial charge < -0.3 is 10.2 Å². The van der Waals surface area contributed by atoms with E-state index >= 15 is 0 Å². The number of hydrogen-bond donors (Lipinski definition) is 1. The van der Waals surface area contributed by atoms with Crippen LogP contribution in [-0.2, 0) is 32.6 Å². The minimum absolute atomic E-state index is 0.0336. The van der Waals surface area contributed by atoms with Crippen LogP contribution in [0.1, 0.15) is 24.0 Å². The van der Waals surface area contributed by atoms with Gasteiger partial charge in [0.05, 0.1) is 10.6 Å². The molecule has 2 amide bonds. The summed E-state index contributed by atoms with van der Waals surface area (Å²) < 4.78 is 28.1. The summed E-state index contributed by atoms with van der Waals surface area (Å²) in [6.07, 6.45) is 0.597. The van der Waals surface area contributed by atoms with Crippen LogP contribution in [0.4, 0.5) is 5.69 Å². The van der Waals surface area contributed by atoms with E-state index in [0.717, 1.165) is 10.9 Å². The molecule has 1 aliphatic heterocycles. The van der Waals surface area contributed by atoms with Crippen molar-refractivity contribution in [3.8, 4) is 0 Å². The Morgan fingerprint density at radius 2 is 1.68 bits per heavy atom. The molecule has 1 unspecified atom stereocenters. The molecule has 0 spiro atoms. The zero-order valence-electron chi connectivity index (χ0n) is 22.4. The zero-order chi connectivity index (χ0) is 29.1. The average Bonchev–Trinajstić information content (AvgIpc) is 3.19. The van der Waals surface area contributed by atoms with Crippen molar-refractivity contribution in [3.63, 3.8) is 0 Å². The van der Waals surface area contributed by atoms with Gasteiger partial charge in [-0.2, -0.15) is 0 Å². The summed E-state index contributed by atoms with van der Waals surface area (Å²) in [7, 11) is -2.20. The summed E-state index contributed by atoms with van der Waals surface area (Å²) >= 11 is 12.6. The Kier molecular flexibility index (Phi) is 8.54. The van der Waals surface area contributed by atoms with Crippen molar-refractivity contribution >= 4 is 61.5 Å². The number of amides is 2. The molecule has 7 nitrogen and oxygen atoms in total. The fourth-order valence-corrected chi connectivity index (χ4v) is 7.49. The van der Waals surface area contributed by atoms with E-state index in [2.05, 4.69) is 5.32 Å². The van der Waals surface area contributed by atoms with Crippen molar-refractivity contribution in [3.05, 3.63) is 106 Å². The maximum Gasteiger partial charge on any atom is 0.265 e. The van der Waals surface area contributed by atoms with Gasteiger partial charge in [0.1, 0.15) is 6.04 Å². The smallest absolute Gasteiger partial charge is 0.265 e. The molecule has 10 heteroatoms. The number of carbonyl (C=O) groups excluding carboxylic acids is 2. The number of likely N-dealkylation sites (N-methyl/N-ethyl adjacent to an activating group) is 1. The van der Waals surface area contributed by atoms with Crippen LogP contribution in [0.5, 0.6) is 0 Å². The quantitative estimate of drug-likeness (QED) is 0.245. The fraction of sp³-hybridized carbons (Fsp3) is 0.226. The second-order valence-electron chi connectivity index (χ2n) is 9.89. The predicted octanol–water partition coefficient (Wildman–Crippen LogP) is 5.82. The number of nitrogens with zero attached hydrogens (tertiary/aromatic N) is 2. The molecule has 1 heterocycles. The number of benzene rings is 4. The molecule has 5 rings (SSSR count). The third-order valence-electron chi connectivity index (χ3n) is 7.31. The molecule has 41 heavy (non-hydrogen) atoms. The summed E-state index contributed by atoms with van der Waals surface area (Å²) in [5.74, 6) is -0.593. The lowest BCUT2D eigenvalue weighted by Gasteiger charge is -2.31. The fourth-order valence-electron chi connectivity index (χ4n) is 5.27. The molecule has 1 atom stereocenters. The summed E-state index contributed by atoms with van der Waals surface area (Å²) in [5.41, 5.74) is 2.16. The SMILES string of the molecule is CNC(=O)C(Cc1ccccc1)N(Cc1ccc(Cl)cc1Cl)C(=O)CCCN1c2cccc3cccc(c23)S1(=O)=O. The lowest BCUT2D eigenvalue weighted by Crippen LogP contribution is -2.49. The van der Waals surface area contributed by atoms with Gasteiger partial charge in [-0.25, -0.2) is 8.42 Å². The van der Waals surface area contributed by atoms with Gasteiger partial charge in [0.25, 0.3) is 10.0 Å². The van der Waals surface area contributed by atoms with E-state index in [4.69, 9.17) is 23.2 Å². The highest BCUT2D eigenvalue weighted by molar-refractivity contribution is 7.93. The van der Waals surface area contributed by atoms with E-state index in [0.29, 0.717) is 33.1 Å². The largest absolute Gasteiger partial charge is 0.357 e. The summed E-state index contributed by atoms with van der Waals surface area (Å²) in [5, 5.41) is 5.09. The lowest BCUT2D eigenvalue weighted by atomic mass is 10.0. The highest BCUT2D eigenvalue weighted by atomic mass is 35.5. The Bertz CT molecular complexity index is 1710. The van der Waals surface area contributed by atoms with Gasteiger partial charge in [-0.15, -0.1) is 0 Å². The number of halogens is 2. The first-order valence-electron chi connectivity index (χ1n) is 13.2. The first kappa shape index (κ1) is 28.9. The molecular formula is C31H29Cl2N3O4S. The van der Waals surface area contributed by atoms with Crippen molar-refractivity contribution in [2.24, 2.45) is 0 Å². The van der Waals surface area contributed by atoms with Crippen LogP contribution < -0.4 is 9.62 Å². The predicted molar refractivity (Wildman–Crippen MR) is 163 cm³/mol. The van der Waals surface area contributed by atoms with Gasteiger partial charge in [-0.1, -0.05) is 83.9 Å². The Labute approximate surface area is 249 Å². The number of anilines is 1. The van der Waals surface area contributed by atoms with Gasteiger partial charge in [0.2, 0.25) is 11.8 Å². The molecule has 4 aromatic carbocycles. The van der Waals surface area contributed by atoms with Crippen LogP contribution in [0.3, 0.4) is 0 Å². The maximum absolute atomic E-state index is 13.8. The minimum atomic E-state index is -3.73. The molecule has 0 bridgehead atoms. The van der Waals surface area contributed by atoms with Crippen molar-refractivity contribution in [2.45, 2.75) is 36.7 Å². The molecule has 212 valence electrons. The number of carbonyl (C=O) groups is 2. The van der Waals surface area contributed by atoms with Gasteiger partial charge in [-0.05, 0) is 47.2 Å². The standard InChI is InChI=1S/C31H29Cl2N3O4S/c1-34-31(38)27(18-21-8-3-2-4-9-21)35(20-23-15-16-24(32)19-25(23)33)29(37)14-7-17-36-26-12-5-10-22-11-6-13-28(30(22)26)41(36,39)40/h2-6,8-13,15-16,19,27H,7,14,17-18,20H2,1H3,(H,34,38). The van der Waals surface area contributed by atoms with Crippen molar-refractivity contribution in [1.29, 1.82) is 0 Å². The molecule has 0 radical (unpaired) electrons.